The lowest BCUT2D eigenvalue weighted by molar-refractivity contribution is 0.0767. The predicted molar refractivity (Wildman–Crippen MR) is 111 cm³/mol. The molecule has 7 heteroatoms. The zero-order chi connectivity index (χ0) is 19.0. The highest BCUT2D eigenvalue weighted by atomic mass is 35.5. The first-order valence-corrected chi connectivity index (χ1v) is 10.4. The Balaban J connectivity index is 1.60. The number of fused-ring (bicyclic) bond motifs is 1. The Labute approximate surface area is 168 Å². The lowest BCUT2D eigenvalue weighted by Gasteiger charge is -2.19. The van der Waals surface area contributed by atoms with Crippen LogP contribution in [0.1, 0.15) is 27.3 Å². The van der Waals surface area contributed by atoms with Crippen molar-refractivity contribution in [3.8, 4) is 0 Å². The number of aryl methyl sites for hydroxylation is 1. The summed E-state index contributed by atoms with van der Waals surface area (Å²) in [6, 6.07) is 9.82. The molecule has 0 saturated carbocycles. The van der Waals surface area contributed by atoms with E-state index in [1.54, 1.807) is 11.3 Å². The van der Waals surface area contributed by atoms with Crippen LogP contribution in [-0.4, -0.2) is 58.7 Å². The lowest BCUT2D eigenvalue weighted by Crippen LogP contribution is -2.34. The number of aromatic nitrogens is 2. The van der Waals surface area contributed by atoms with Crippen molar-refractivity contribution < 1.29 is 4.79 Å². The minimum atomic E-state index is 0.143. The van der Waals surface area contributed by atoms with Crippen molar-refractivity contribution in [3.05, 3.63) is 51.5 Å². The SMILES string of the molecule is Cc1nn(Cc2ccc(Cl)cc2)c2sc(C(=O)N3CCCN(C)CC3)cc12. The van der Waals surface area contributed by atoms with E-state index in [9.17, 15) is 4.79 Å². The van der Waals surface area contributed by atoms with Crippen molar-refractivity contribution in [1.82, 2.24) is 19.6 Å². The van der Waals surface area contributed by atoms with Gasteiger partial charge in [0.2, 0.25) is 0 Å². The van der Waals surface area contributed by atoms with E-state index in [0.717, 1.165) is 64.0 Å². The second kappa shape index (κ2) is 7.62. The number of halogens is 1. The molecule has 1 aliphatic heterocycles. The van der Waals surface area contributed by atoms with Crippen molar-refractivity contribution in [1.29, 1.82) is 0 Å². The van der Waals surface area contributed by atoms with Crippen molar-refractivity contribution in [3.63, 3.8) is 0 Å². The number of likely N-dealkylation sites (N-methyl/N-ethyl adjacent to an activating group) is 1. The molecule has 1 fully saturated rings. The highest BCUT2D eigenvalue weighted by Gasteiger charge is 2.22. The molecule has 1 aromatic carbocycles. The molecule has 0 unspecified atom stereocenters. The summed E-state index contributed by atoms with van der Waals surface area (Å²) in [6.45, 7) is 6.27. The molecule has 0 bridgehead atoms. The number of benzene rings is 1. The number of hydrogen-bond donors (Lipinski definition) is 0. The third-order valence-electron chi connectivity index (χ3n) is 5.07. The second-order valence-corrected chi connectivity index (χ2v) is 8.62. The maximum absolute atomic E-state index is 13.0. The average Bonchev–Trinajstić information content (AvgIpc) is 3.13. The molecule has 142 valence electrons. The Kier molecular flexibility index (Phi) is 5.21. The predicted octanol–water partition coefficient (Wildman–Crippen LogP) is 3.89. The minimum absolute atomic E-state index is 0.143. The molecule has 1 aliphatic rings. The van der Waals surface area contributed by atoms with Crippen LogP contribution in [0.3, 0.4) is 0 Å². The van der Waals surface area contributed by atoms with Crippen molar-refractivity contribution in [2.45, 2.75) is 19.9 Å². The zero-order valence-corrected chi connectivity index (χ0v) is 17.2. The summed E-state index contributed by atoms with van der Waals surface area (Å²) in [7, 11) is 2.11. The third kappa shape index (κ3) is 3.88. The van der Waals surface area contributed by atoms with E-state index >= 15 is 0 Å². The van der Waals surface area contributed by atoms with Gasteiger partial charge in [0.15, 0.2) is 0 Å². The first-order valence-electron chi connectivity index (χ1n) is 9.20. The number of carbonyl (C=O) groups excluding carboxylic acids is 1. The fourth-order valence-corrected chi connectivity index (χ4v) is 4.75. The maximum atomic E-state index is 13.0. The van der Waals surface area contributed by atoms with Crippen LogP contribution in [0.4, 0.5) is 0 Å². The number of hydrogen-bond acceptors (Lipinski definition) is 4. The lowest BCUT2D eigenvalue weighted by atomic mass is 10.2. The van der Waals surface area contributed by atoms with Crippen LogP contribution in [0.5, 0.6) is 0 Å². The summed E-state index contributed by atoms with van der Waals surface area (Å²) >= 11 is 7.53. The quantitative estimate of drug-likeness (QED) is 0.667. The Hall–Kier alpha value is -1.89. The van der Waals surface area contributed by atoms with E-state index in [4.69, 9.17) is 11.6 Å². The molecular weight excluding hydrogens is 380 g/mol. The van der Waals surface area contributed by atoms with E-state index in [2.05, 4.69) is 17.0 Å². The van der Waals surface area contributed by atoms with Gasteiger partial charge in [-0.25, -0.2) is 0 Å². The number of carbonyl (C=O) groups is 1. The largest absolute Gasteiger partial charge is 0.337 e. The fraction of sp³-hybridized carbons (Fsp3) is 0.400. The van der Waals surface area contributed by atoms with Crippen LogP contribution in [-0.2, 0) is 6.54 Å². The highest BCUT2D eigenvalue weighted by molar-refractivity contribution is 7.20. The molecule has 5 nitrogen and oxygen atoms in total. The molecule has 4 rings (SSSR count). The number of nitrogens with zero attached hydrogens (tertiary/aromatic N) is 4. The van der Waals surface area contributed by atoms with Crippen LogP contribution in [0, 0.1) is 6.92 Å². The summed E-state index contributed by atoms with van der Waals surface area (Å²) in [5, 5.41) is 6.47. The van der Waals surface area contributed by atoms with Gasteiger partial charge in [-0.15, -0.1) is 11.3 Å². The van der Waals surface area contributed by atoms with Crippen molar-refractivity contribution in [2.24, 2.45) is 0 Å². The van der Waals surface area contributed by atoms with Gasteiger partial charge in [-0.1, -0.05) is 23.7 Å². The maximum Gasteiger partial charge on any atom is 0.264 e. The van der Waals surface area contributed by atoms with Crippen LogP contribution < -0.4 is 0 Å². The van der Waals surface area contributed by atoms with Gasteiger partial charge in [-0.3, -0.25) is 9.48 Å². The minimum Gasteiger partial charge on any atom is -0.337 e. The number of rotatable bonds is 3. The van der Waals surface area contributed by atoms with Crippen LogP contribution in [0.2, 0.25) is 5.02 Å². The van der Waals surface area contributed by atoms with Crippen LogP contribution in [0.15, 0.2) is 30.3 Å². The Morgan fingerprint density at radius 2 is 1.96 bits per heavy atom. The summed E-state index contributed by atoms with van der Waals surface area (Å²) in [6.07, 6.45) is 1.02. The van der Waals surface area contributed by atoms with Crippen molar-refractivity contribution in [2.75, 3.05) is 33.2 Å². The van der Waals surface area contributed by atoms with E-state index < -0.39 is 0 Å². The standard InChI is InChI=1S/C20H23ClN4OS/c1-14-17-12-18(19(26)24-9-3-8-23(2)10-11-24)27-20(17)25(22-14)13-15-4-6-16(21)7-5-15/h4-7,12H,3,8-11,13H2,1-2H3. The molecular formula is C20H23ClN4OS. The second-order valence-electron chi connectivity index (χ2n) is 7.15. The zero-order valence-electron chi connectivity index (χ0n) is 15.6. The van der Waals surface area contributed by atoms with Gasteiger partial charge in [-0.05, 0) is 50.7 Å². The van der Waals surface area contributed by atoms with Crippen LogP contribution in [0.25, 0.3) is 10.2 Å². The fourth-order valence-electron chi connectivity index (χ4n) is 3.49. The Bertz CT molecular complexity index is 962. The molecule has 3 heterocycles. The molecule has 0 radical (unpaired) electrons. The Morgan fingerprint density at radius 3 is 2.74 bits per heavy atom. The van der Waals surface area contributed by atoms with Gasteiger partial charge in [0.1, 0.15) is 4.83 Å². The molecule has 1 saturated heterocycles. The first-order chi connectivity index (χ1) is 13.0. The molecule has 0 N–H and O–H groups in total. The van der Waals surface area contributed by atoms with Gasteiger partial charge in [0.25, 0.3) is 5.91 Å². The number of amides is 1. The van der Waals surface area contributed by atoms with E-state index in [-0.39, 0.29) is 5.91 Å². The summed E-state index contributed by atoms with van der Waals surface area (Å²) in [4.78, 5) is 19.1. The topological polar surface area (TPSA) is 41.4 Å². The highest BCUT2D eigenvalue weighted by Crippen LogP contribution is 2.30. The van der Waals surface area contributed by atoms with E-state index in [1.807, 2.05) is 46.8 Å². The van der Waals surface area contributed by atoms with Gasteiger partial charge in [0, 0.05) is 30.0 Å². The van der Waals surface area contributed by atoms with E-state index in [1.165, 1.54) is 0 Å². The summed E-state index contributed by atoms with van der Waals surface area (Å²) < 4.78 is 1.99. The smallest absolute Gasteiger partial charge is 0.264 e. The first kappa shape index (κ1) is 18.5. The molecule has 0 aliphatic carbocycles. The molecule has 27 heavy (non-hydrogen) atoms. The molecule has 2 aromatic heterocycles. The monoisotopic (exact) mass is 402 g/mol. The third-order valence-corrected chi connectivity index (χ3v) is 6.46. The van der Waals surface area contributed by atoms with Crippen molar-refractivity contribution >= 4 is 39.1 Å². The van der Waals surface area contributed by atoms with Crippen LogP contribution >= 0.6 is 22.9 Å². The van der Waals surface area contributed by atoms with Gasteiger partial charge in [0.05, 0.1) is 17.1 Å². The normalized spacial score (nSPS) is 16.0. The van der Waals surface area contributed by atoms with E-state index in [0.29, 0.717) is 6.54 Å². The Morgan fingerprint density at radius 1 is 1.19 bits per heavy atom. The molecule has 3 aromatic rings. The molecule has 0 atom stereocenters. The van der Waals surface area contributed by atoms with Gasteiger partial charge < -0.3 is 9.80 Å². The van der Waals surface area contributed by atoms with Gasteiger partial charge in [-0.2, -0.15) is 5.10 Å². The average molecular weight is 403 g/mol. The molecule has 1 amide bonds. The molecule has 0 spiro atoms. The summed E-state index contributed by atoms with van der Waals surface area (Å²) in [5.74, 6) is 0.143. The number of thiophene rings is 1. The summed E-state index contributed by atoms with van der Waals surface area (Å²) in [5.41, 5.74) is 2.10. The van der Waals surface area contributed by atoms with Gasteiger partial charge >= 0.3 is 0 Å².